The van der Waals surface area contributed by atoms with Gasteiger partial charge in [0, 0.05) is 6.54 Å². The lowest BCUT2D eigenvalue weighted by atomic mass is 9.98. The Bertz CT molecular complexity index is 308. The van der Waals surface area contributed by atoms with Gasteiger partial charge in [0.25, 0.3) is 0 Å². The zero-order valence-electron chi connectivity index (χ0n) is 7.19. The van der Waals surface area contributed by atoms with Crippen LogP contribution in [0.15, 0.2) is 22.7 Å². The van der Waals surface area contributed by atoms with Crippen molar-refractivity contribution in [1.82, 2.24) is 5.32 Å². The van der Waals surface area contributed by atoms with Crippen LogP contribution in [0.5, 0.6) is 0 Å². The molecule has 1 atom stereocenters. The highest BCUT2D eigenvalue weighted by atomic mass is 79.9. The second-order valence-corrected chi connectivity index (χ2v) is 4.13. The highest BCUT2D eigenvalue weighted by Crippen LogP contribution is 2.30. The van der Waals surface area contributed by atoms with Crippen LogP contribution in [-0.2, 0) is 0 Å². The van der Waals surface area contributed by atoms with Gasteiger partial charge in [-0.1, -0.05) is 12.1 Å². The zero-order valence-corrected chi connectivity index (χ0v) is 8.77. The number of benzene rings is 1. The molecular weight excluding hydrogens is 233 g/mol. The number of nitrogens with one attached hydrogen (secondary N) is 1. The SMILES string of the molecule is Fc1cccc([C@@H]2CCNC2)c1Br. The van der Waals surface area contributed by atoms with E-state index in [9.17, 15) is 4.39 Å². The van der Waals surface area contributed by atoms with Gasteiger partial charge in [-0.05, 0) is 46.4 Å². The minimum Gasteiger partial charge on any atom is -0.316 e. The van der Waals surface area contributed by atoms with Crippen LogP contribution in [-0.4, -0.2) is 13.1 Å². The fraction of sp³-hybridized carbons (Fsp3) is 0.400. The second-order valence-electron chi connectivity index (χ2n) is 3.33. The number of halogens is 2. The maximum atomic E-state index is 13.2. The van der Waals surface area contributed by atoms with E-state index in [1.165, 1.54) is 6.07 Å². The molecule has 1 heterocycles. The van der Waals surface area contributed by atoms with Gasteiger partial charge >= 0.3 is 0 Å². The van der Waals surface area contributed by atoms with Gasteiger partial charge in [-0.3, -0.25) is 0 Å². The molecule has 13 heavy (non-hydrogen) atoms. The predicted octanol–water partition coefficient (Wildman–Crippen LogP) is 2.67. The van der Waals surface area contributed by atoms with E-state index in [1.54, 1.807) is 6.07 Å². The zero-order chi connectivity index (χ0) is 9.26. The third kappa shape index (κ3) is 1.76. The van der Waals surface area contributed by atoms with Gasteiger partial charge in [0.05, 0.1) is 4.47 Å². The van der Waals surface area contributed by atoms with Gasteiger partial charge in [-0.2, -0.15) is 0 Å². The monoisotopic (exact) mass is 243 g/mol. The molecule has 0 unspecified atom stereocenters. The summed E-state index contributed by atoms with van der Waals surface area (Å²) >= 11 is 3.29. The average molecular weight is 244 g/mol. The molecular formula is C10H11BrFN. The van der Waals surface area contributed by atoms with Crippen molar-refractivity contribution in [2.24, 2.45) is 0 Å². The van der Waals surface area contributed by atoms with Gasteiger partial charge in [0.15, 0.2) is 0 Å². The molecule has 1 aliphatic heterocycles. The predicted molar refractivity (Wildman–Crippen MR) is 54.3 cm³/mol. The molecule has 2 rings (SSSR count). The highest BCUT2D eigenvalue weighted by molar-refractivity contribution is 9.10. The third-order valence-corrected chi connectivity index (χ3v) is 3.32. The highest BCUT2D eigenvalue weighted by Gasteiger charge is 2.19. The lowest BCUT2D eigenvalue weighted by Crippen LogP contribution is -2.08. The van der Waals surface area contributed by atoms with Crippen molar-refractivity contribution in [3.05, 3.63) is 34.1 Å². The molecule has 1 aromatic carbocycles. The maximum absolute atomic E-state index is 13.2. The van der Waals surface area contributed by atoms with E-state index < -0.39 is 0 Å². The van der Waals surface area contributed by atoms with Crippen molar-refractivity contribution in [1.29, 1.82) is 0 Å². The third-order valence-electron chi connectivity index (χ3n) is 2.48. The van der Waals surface area contributed by atoms with E-state index in [1.807, 2.05) is 6.07 Å². The van der Waals surface area contributed by atoms with Crippen molar-refractivity contribution in [3.63, 3.8) is 0 Å². The molecule has 0 saturated carbocycles. The molecule has 1 aromatic rings. The number of hydrogen-bond donors (Lipinski definition) is 1. The summed E-state index contributed by atoms with van der Waals surface area (Å²) in [4.78, 5) is 0. The van der Waals surface area contributed by atoms with E-state index in [4.69, 9.17) is 0 Å². The molecule has 0 aliphatic carbocycles. The van der Waals surface area contributed by atoms with Crippen LogP contribution in [0.3, 0.4) is 0 Å². The van der Waals surface area contributed by atoms with Crippen LogP contribution in [0.1, 0.15) is 17.9 Å². The first-order valence-corrected chi connectivity index (χ1v) is 5.23. The molecule has 0 spiro atoms. The lowest BCUT2D eigenvalue weighted by Gasteiger charge is -2.11. The molecule has 0 bridgehead atoms. The van der Waals surface area contributed by atoms with Gasteiger partial charge in [-0.25, -0.2) is 4.39 Å². The Kier molecular flexibility index (Phi) is 2.65. The van der Waals surface area contributed by atoms with Crippen molar-refractivity contribution in [3.8, 4) is 0 Å². The summed E-state index contributed by atoms with van der Waals surface area (Å²) < 4.78 is 13.8. The Balaban J connectivity index is 2.33. The van der Waals surface area contributed by atoms with Crippen LogP contribution in [0, 0.1) is 5.82 Å². The van der Waals surface area contributed by atoms with E-state index in [0.717, 1.165) is 25.1 Å². The molecule has 1 nitrogen and oxygen atoms in total. The minimum absolute atomic E-state index is 0.163. The fourth-order valence-electron chi connectivity index (χ4n) is 1.76. The Labute approximate surface area is 85.5 Å². The Hall–Kier alpha value is -0.410. The van der Waals surface area contributed by atoms with Crippen LogP contribution >= 0.6 is 15.9 Å². The molecule has 1 N–H and O–H groups in total. The molecule has 1 aliphatic rings. The lowest BCUT2D eigenvalue weighted by molar-refractivity contribution is 0.613. The van der Waals surface area contributed by atoms with Gasteiger partial charge in [0.1, 0.15) is 5.82 Å². The van der Waals surface area contributed by atoms with Crippen molar-refractivity contribution >= 4 is 15.9 Å². The molecule has 70 valence electrons. The van der Waals surface area contributed by atoms with Gasteiger partial charge in [0.2, 0.25) is 0 Å². The van der Waals surface area contributed by atoms with Crippen LogP contribution in [0.4, 0.5) is 4.39 Å². The second kappa shape index (κ2) is 3.76. The summed E-state index contributed by atoms with van der Waals surface area (Å²) in [6.45, 7) is 2.00. The van der Waals surface area contributed by atoms with Crippen molar-refractivity contribution in [2.45, 2.75) is 12.3 Å². The van der Waals surface area contributed by atoms with E-state index in [0.29, 0.717) is 10.4 Å². The van der Waals surface area contributed by atoms with Crippen molar-refractivity contribution < 1.29 is 4.39 Å². The standard InChI is InChI=1S/C10H11BrFN/c11-10-8(2-1-3-9(10)12)7-4-5-13-6-7/h1-3,7,13H,4-6H2/t7-/m1/s1. The van der Waals surface area contributed by atoms with Crippen LogP contribution < -0.4 is 5.32 Å². The summed E-state index contributed by atoms with van der Waals surface area (Å²) in [7, 11) is 0. The average Bonchev–Trinajstić information content (AvgIpc) is 2.62. The normalized spacial score (nSPS) is 22.2. The quantitative estimate of drug-likeness (QED) is 0.800. The molecule has 3 heteroatoms. The molecule has 1 fully saturated rings. The topological polar surface area (TPSA) is 12.0 Å². The summed E-state index contributed by atoms with van der Waals surface area (Å²) in [6.07, 6.45) is 1.10. The number of hydrogen-bond acceptors (Lipinski definition) is 1. The number of rotatable bonds is 1. The summed E-state index contributed by atoms with van der Waals surface area (Å²) in [6, 6.07) is 5.24. The van der Waals surface area contributed by atoms with Gasteiger partial charge in [-0.15, -0.1) is 0 Å². The van der Waals surface area contributed by atoms with E-state index >= 15 is 0 Å². The molecule has 0 aromatic heterocycles. The Morgan fingerprint density at radius 2 is 2.31 bits per heavy atom. The van der Waals surface area contributed by atoms with Crippen LogP contribution in [0.2, 0.25) is 0 Å². The molecule has 1 saturated heterocycles. The molecule has 0 radical (unpaired) electrons. The maximum Gasteiger partial charge on any atom is 0.137 e. The first-order chi connectivity index (χ1) is 6.29. The minimum atomic E-state index is -0.163. The Morgan fingerprint density at radius 3 is 3.00 bits per heavy atom. The van der Waals surface area contributed by atoms with Crippen LogP contribution in [0.25, 0.3) is 0 Å². The van der Waals surface area contributed by atoms with E-state index in [2.05, 4.69) is 21.2 Å². The first-order valence-electron chi connectivity index (χ1n) is 4.43. The van der Waals surface area contributed by atoms with Crippen molar-refractivity contribution in [2.75, 3.05) is 13.1 Å². The fourth-order valence-corrected chi connectivity index (χ4v) is 2.34. The summed E-state index contributed by atoms with van der Waals surface area (Å²) in [5, 5.41) is 3.27. The summed E-state index contributed by atoms with van der Waals surface area (Å²) in [5.74, 6) is 0.300. The first kappa shape index (κ1) is 9.16. The summed E-state index contributed by atoms with van der Waals surface area (Å²) in [5.41, 5.74) is 1.09. The Morgan fingerprint density at radius 1 is 1.46 bits per heavy atom. The molecule has 0 amide bonds. The smallest absolute Gasteiger partial charge is 0.137 e. The van der Waals surface area contributed by atoms with Gasteiger partial charge < -0.3 is 5.32 Å². The largest absolute Gasteiger partial charge is 0.316 e. The van der Waals surface area contributed by atoms with E-state index in [-0.39, 0.29) is 5.82 Å².